The van der Waals surface area contributed by atoms with Gasteiger partial charge in [-0.05, 0) is 23.3 Å². The van der Waals surface area contributed by atoms with Crippen molar-refractivity contribution in [3.8, 4) is 0 Å². The zero-order valence-electron chi connectivity index (χ0n) is 15.1. The number of benzene rings is 2. The van der Waals surface area contributed by atoms with Crippen molar-refractivity contribution in [1.82, 2.24) is 5.32 Å². The molecule has 3 rings (SSSR count). The van der Waals surface area contributed by atoms with Crippen molar-refractivity contribution in [1.29, 1.82) is 0 Å². The van der Waals surface area contributed by atoms with Gasteiger partial charge in [0.05, 0.1) is 13.2 Å². The first-order valence-corrected chi connectivity index (χ1v) is 8.59. The molecule has 28 heavy (non-hydrogen) atoms. The van der Waals surface area contributed by atoms with Gasteiger partial charge in [0, 0.05) is 13.3 Å². The zero-order chi connectivity index (χ0) is 20.4. The van der Waals surface area contributed by atoms with E-state index in [2.05, 4.69) is 0 Å². The number of nitrogens with one attached hydrogen (secondary N) is 1. The Hall–Kier alpha value is -2.45. The fraction of sp³-hybridized carbons (Fsp3) is 0.350. The molecule has 8 heteroatoms. The van der Waals surface area contributed by atoms with E-state index in [1.54, 1.807) is 30.3 Å². The minimum absolute atomic E-state index is 0.153. The molecule has 2 atom stereocenters. The molecule has 150 valence electrons. The third-order valence-corrected chi connectivity index (χ3v) is 4.71. The van der Waals surface area contributed by atoms with Gasteiger partial charge in [-0.25, -0.2) is 4.39 Å². The molecular weight excluding hydrogens is 378 g/mol. The molecule has 0 bridgehead atoms. The van der Waals surface area contributed by atoms with Gasteiger partial charge >= 0.3 is 6.18 Å². The second kappa shape index (κ2) is 7.52. The van der Waals surface area contributed by atoms with E-state index in [0.29, 0.717) is 11.1 Å². The van der Waals surface area contributed by atoms with E-state index < -0.39 is 35.8 Å². The van der Waals surface area contributed by atoms with Gasteiger partial charge in [-0.15, -0.1) is 0 Å². The van der Waals surface area contributed by atoms with Gasteiger partial charge in [0.25, 0.3) is 0 Å². The average molecular weight is 397 g/mol. The lowest BCUT2D eigenvalue weighted by molar-refractivity contribution is -0.425. The number of amides is 1. The first-order chi connectivity index (χ1) is 13.2. The van der Waals surface area contributed by atoms with E-state index in [4.69, 9.17) is 9.47 Å². The van der Waals surface area contributed by atoms with Gasteiger partial charge in [0.15, 0.2) is 0 Å². The number of ether oxygens (including phenoxy) is 2. The number of rotatable bonds is 6. The monoisotopic (exact) mass is 397 g/mol. The van der Waals surface area contributed by atoms with Crippen LogP contribution in [-0.4, -0.2) is 30.0 Å². The highest BCUT2D eigenvalue weighted by Crippen LogP contribution is 2.50. The summed E-state index contributed by atoms with van der Waals surface area (Å²) in [6, 6.07) is 13.7. The topological polar surface area (TPSA) is 47.6 Å². The molecular formula is C20H19F4NO3. The van der Waals surface area contributed by atoms with Crippen LogP contribution < -0.4 is 5.32 Å². The number of hydrogen-bond acceptors (Lipinski definition) is 3. The minimum atomic E-state index is -4.83. The Balaban J connectivity index is 1.97. The van der Waals surface area contributed by atoms with E-state index in [1.807, 2.05) is 5.32 Å². The van der Waals surface area contributed by atoms with Crippen LogP contribution in [-0.2, 0) is 27.3 Å². The maximum Gasteiger partial charge on any atom is 0.419 e. The third kappa shape index (κ3) is 3.74. The van der Waals surface area contributed by atoms with Crippen LogP contribution in [0.3, 0.4) is 0 Å². The third-order valence-electron chi connectivity index (χ3n) is 4.71. The lowest BCUT2D eigenvalue weighted by atomic mass is 9.78. The van der Waals surface area contributed by atoms with Gasteiger partial charge in [-0.1, -0.05) is 42.5 Å². The Labute approximate surface area is 159 Å². The van der Waals surface area contributed by atoms with E-state index in [9.17, 15) is 22.4 Å². The predicted octanol–water partition coefficient (Wildman–Crippen LogP) is 3.75. The summed E-state index contributed by atoms with van der Waals surface area (Å²) in [6.45, 7) is 0.0805. The second-order valence-electron chi connectivity index (χ2n) is 6.70. The first-order valence-electron chi connectivity index (χ1n) is 8.59. The smallest absolute Gasteiger partial charge is 0.344 e. The van der Waals surface area contributed by atoms with Crippen molar-refractivity contribution in [2.75, 3.05) is 6.61 Å². The van der Waals surface area contributed by atoms with Crippen LogP contribution in [0.4, 0.5) is 17.6 Å². The molecule has 1 amide bonds. The zero-order valence-corrected chi connectivity index (χ0v) is 15.1. The Bertz CT molecular complexity index is 826. The molecule has 1 heterocycles. The van der Waals surface area contributed by atoms with Crippen LogP contribution in [0.1, 0.15) is 18.1 Å². The summed E-state index contributed by atoms with van der Waals surface area (Å²) < 4.78 is 66.5. The van der Waals surface area contributed by atoms with Crippen LogP contribution >= 0.6 is 0 Å². The lowest BCUT2D eigenvalue weighted by Gasteiger charge is -2.57. The van der Waals surface area contributed by atoms with E-state index in [1.165, 1.54) is 12.1 Å². The molecule has 4 nitrogen and oxygen atoms in total. The Morgan fingerprint density at radius 2 is 1.75 bits per heavy atom. The van der Waals surface area contributed by atoms with Crippen LogP contribution in [0.15, 0.2) is 54.6 Å². The molecule has 2 unspecified atom stereocenters. The molecule has 2 aromatic rings. The molecule has 0 aliphatic carbocycles. The van der Waals surface area contributed by atoms with Crippen LogP contribution in [0.5, 0.6) is 0 Å². The van der Waals surface area contributed by atoms with Crippen LogP contribution in [0, 0.1) is 5.82 Å². The highest BCUT2D eigenvalue weighted by Gasteiger charge is 2.76. The first kappa shape index (κ1) is 20.3. The SMILES string of the molecule is CC(=O)NC1(C(F)(F)F)COC1(Cc1ccc(F)cc1)OCc1ccccc1. The lowest BCUT2D eigenvalue weighted by Crippen LogP contribution is -2.83. The molecule has 0 aromatic heterocycles. The van der Waals surface area contributed by atoms with E-state index in [0.717, 1.165) is 19.1 Å². The summed E-state index contributed by atoms with van der Waals surface area (Å²) in [5, 5.41) is 2.00. The van der Waals surface area contributed by atoms with E-state index >= 15 is 0 Å². The van der Waals surface area contributed by atoms with Crippen molar-refractivity contribution in [2.45, 2.75) is 37.5 Å². The molecule has 1 N–H and O–H groups in total. The van der Waals surface area contributed by atoms with Gasteiger partial charge in [0.2, 0.25) is 17.2 Å². The molecule has 0 saturated carbocycles. The van der Waals surface area contributed by atoms with Crippen LogP contribution in [0.25, 0.3) is 0 Å². The van der Waals surface area contributed by atoms with Crippen molar-refractivity contribution >= 4 is 5.91 Å². The Kier molecular flexibility index (Phi) is 5.45. The summed E-state index contributed by atoms with van der Waals surface area (Å²) >= 11 is 0. The van der Waals surface area contributed by atoms with Crippen molar-refractivity contribution < 1.29 is 31.8 Å². The van der Waals surface area contributed by atoms with Crippen molar-refractivity contribution in [2.24, 2.45) is 0 Å². The molecule has 1 aliphatic rings. The number of alkyl halides is 3. The molecule has 0 spiro atoms. The standard InChI is InChI=1S/C20H19F4NO3/c1-14(26)25-18(20(22,23)24)13-28-19(18,11-15-7-9-17(21)10-8-15)27-12-16-5-3-2-4-6-16/h2-10H,11-13H2,1H3,(H,25,26). The largest absolute Gasteiger partial charge is 0.419 e. The maximum atomic E-state index is 14.1. The number of halogens is 4. The molecule has 1 fully saturated rings. The van der Waals surface area contributed by atoms with Crippen molar-refractivity contribution in [3.63, 3.8) is 0 Å². The van der Waals surface area contributed by atoms with E-state index in [-0.39, 0.29) is 13.0 Å². The van der Waals surface area contributed by atoms with Gasteiger partial charge < -0.3 is 14.8 Å². The predicted molar refractivity (Wildman–Crippen MR) is 92.6 cm³/mol. The minimum Gasteiger partial charge on any atom is -0.344 e. The van der Waals surface area contributed by atoms with Gasteiger partial charge in [0.1, 0.15) is 5.82 Å². The number of hydrogen-bond donors (Lipinski definition) is 1. The average Bonchev–Trinajstić information content (AvgIpc) is 2.63. The molecule has 1 aliphatic heterocycles. The van der Waals surface area contributed by atoms with Crippen LogP contribution in [0.2, 0.25) is 0 Å². The summed E-state index contributed by atoms with van der Waals surface area (Å²) in [5.41, 5.74) is -1.68. The molecule has 1 saturated heterocycles. The highest BCUT2D eigenvalue weighted by molar-refractivity contribution is 5.74. The van der Waals surface area contributed by atoms with Crippen molar-refractivity contribution in [3.05, 3.63) is 71.5 Å². The molecule has 2 aromatic carbocycles. The number of carbonyl (C=O) groups is 1. The normalized spacial score (nSPS) is 24.5. The second-order valence-corrected chi connectivity index (χ2v) is 6.70. The highest BCUT2D eigenvalue weighted by atomic mass is 19.4. The number of carbonyl (C=O) groups excluding carboxylic acids is 1. The van der Waals surface area contributed by atoms with Gasteiger partial charge in [-0.2, -0.15) is 13.2 Å². The maximum absolute atomic E-state index is 14.1. The quantitative estimate of drug-likeness (QED) is 0.756. The molecule has 0 radical (unpaired) electrons. The summed E-state index contributed by atoms with van der Waals surface area (Å²) in [6.07, 6.45) is -5.15. The fourth-order valence-corrected chi connectivity index (χ4v) is 3.24. The summed E-state index contributed by atoms with van der Waals surface area (Å²) in [5.74, 6) is -3.54. The Morgan fingerprint density at radius 1 is 1.11 bits per heavy atom. The fourth-order valence-electron chi connectivity index (χ4n) is 3.24. The Morgan fingerprint density at radius 3 is 2.25 bits per heavy atom. The summed E-state index contributed by atoms with van der Waals surface area (Å²) in [7, 11) is 0. The summed E-state index contributed by atoms with van der Waals surface area (Å²) in [4.78, 5) is 11.6. The van der Waals surface area contributed by atoms with Gasteiger partial charge in [-0.3, -0.25) is 4.79 Å².